The Hall–Kier alpha value is -1.64. The van der Waals surface area contributed by atoms with Crippen LogP contribution in [0.25, 0.3) is 0 Å². The predicted octanol–water partition coefficient (Wildman–Crippen LogP) is 6.20. The van der Waals surface area contributed by atoms with E-state index in [1.807, 2.05) is 0 Å². The van der Waals surface area contributed by atoms with Crippen LogP contribution in [0.5, 0.6) is 11.5 Å². The van der Waals surface area contributed by atoms with Gasteiger partial charge in [-0.15, -0.1) is 0 Å². The molecule has 0 radical (unpaired) electrons. The highest BCUT2D eigenvalue weighted by Gasteiger charge is 2.43. The first kappa shape index (κ1) is 26.0. The van der Waals surface area contributed by atoms with Crippen LogP contribution >= 0.6 is 23.2 Å². The van der Waals surface area contributed by atoms with E-state index in [0.29, 0.717) is 56.4 Å². The molecule has 1 saturated carbocycles. The Morgan fingerprint density at radius 2 is 1.44 bits per heavy atom. The molecule has 196 valence electrons. The molecule has 2 aliphatic heterocycles. The van der Waals surface area contributed by atoms with Crippen molar-refractivity contribution in [3.8, 4) is 11.5 Å². The summed E-state index contributed by atoms with van der Waals surface area (Å²) in [7, 11) is 0. The van der Waals surface area contributed by atoms with E-state index < -0.39 is 17.2 Å². The monoisotopic (exact) mass is 541 g/mol. The lowest BCUT2D eigenvalue weighted by Gasteiger charge is -2.43. The molecule has 0 bridgehead atoms. The minimum atomic E-state index is -0.488. The molecule has 1 aliphatic carbocycles. The zero-order chi connectivity index (χ0) is 25.2. The molecule has 0 unspecified atom stereocenters. The van der Waals surface area contributed by atoms with Crippen LogP contribution in [0.15, 0.2) is 36.4 Å². The maximum absolute atomic E-state index is 13.8. The van der Waals surface area contributed by atoms with Gasteiger partial charge in [0.05, 0.1) is 36.5 Å². The Kier molecular flexibility index (Phi) is 7.94. The molecule has 2 aromatic rings. The number of hydrogen-bond donors (Lipinski definition) is 1. The largest absolute Gasteiger partial charge is 0.482 e. The van der Waals surface area contributed by atoms with Gasteiger partial charge in [0.25, 0.3) is 0 Å². The van der Waals surface area contributed by atoms with Crippen molar-refractivity contribution in [2.75, 3.05) is 33.0 Å². The number of halogens is 4. The Bertz CT molecular complexity index is 973. The first-order valence-corrected chi connectivity index (χ1v) is 13.3. The summed E-state index contributed by atoms with van der Waals surface area (Å²) in [5, 5.41) is 3.80. The first-order chi connectivity index (χ1) is 17.3. The molecule has 5 rings (SSSR count). The van der Waals surface area contributed by atoms with E-state index in [0.717, 1.165) is 38.5 Å². The van der Waals surface area contributed by atoms with E-state index >= 15 is 0 Å². The molecule has 0 spiro atoms. The molecule has 3 aliphatic rings. The van der Waals surface area contributed by atoms with Crippen LogP contribution in [0.3, 0.4) is 0 Å². The lowest BCUT2D eigenvalue weighted by Crippen LogP contribution is -2.61. The number of benzene rings is 2. The van der Waals surface area contributed by atoms with Crippen LogP contribution in [0, 0.1) is 17.6 Å². The van der Waals surface area contributed by atoms with Gasteiger partial charge < -0.3 is 24.3 Å². The summed E-state index contributed by atoms with van der Waals surface area (Å²) in [6.45, 7) is 2.69. The Morgan fingerprint density at radius 3 is 2.06 bits per heavy atom. The average molecular weight is 542 g/mol. The average Bonchev–Trinajstić information content (AvgIpc) is 2.82. The van der Waals surface area contributed by atoms with Gasteiger partial charge in [0.1, 0.15) is 23.1 Å². The molecular weight excluding hydrogens is 511 g/mol. The molecule has 0 amide bonds. The Morgan fingerprint density at radius 1 is 0.806 bits per heavy atom. The SMILES string of the molecule is Fc1cc(OC2(CNC3CCC(CCC4(Oc5ccc(F)c(Cl)c5)COC4)CC3)COC2)ccc1Cl. The summed E-state index contributed by atoms with van der Waals surface area (Å²) >= 11 is 11.7. The van der Waals surface area contributed by atoms with E-state index in [9.17, 15) is 8.78 Å². The number of nitrogens with one attached hydrogen (secondary N) is 1. The third kappa shape index (κ3) is 6.08. The highest BCUT2D eigenvalue weighted by Crippen LogP contribution is 2.36. The maximum Gasteiger partial charge on any atom is 0.167 e. The quantitative estimate of drug-likeness (QED) is 0.388. The van der Waals surface area contributed by atoms with Gasteiger partial charge in [0.15, 0.2) is 11.2 Å². The second kappa shape index (κ2) is 11.0. The molecule has 9 heteroatoms. The summed E-state index contributed by atoms with van der Waals surface area (Å²) in [4.78, 5) is 0. The molecule has 3 fully saturated rings. The predicted molar refractivity (Wildman–Crippen MR) is 134 cm³/mol. The topological polar surface area (TPSA) is 49.0 Å². The normalized spacial score (nSPS) is 24.4. The maximum atomic E-state index is 13.8. The van der Waals surface area contributed by atoms with Gasteiger partial charge in [-0.1, -0.05) is 23.2 Å². The molecule has 0 atom stereocenters. The molecule has 2 aromatic carbocycles. The molecule has 2 heterocycles. The summed E-state index contributed by atoms with van der Waals surface area (Å²) in [5.74, 6) is 0.738. The molecule has 36 heavy (non-hydrogen) atoms. The lowest BCUT2D eigenvalue weighted by molar-refractivity contribution is -0.167. The van der Waals surface area contributed by atoms with Crippen molar-refractivity contribution in [2.45, 2.75) is 55.8 Å². The van der Waals surface area contributed by atoms with Gasteiger partial charge in [0.2, 0.25) is 0 Å². The standard InChI is InChI=1S/C27H31Cl2F2NO4/c28-22-7-5-21(12-25(22)31)36-27(16-34-17-27)13-32-19-3-1-18(2-4-19)9-10-26(14-33-15-26)35-20-6-8-24(30)23(29)11-20/h5-8,11-12,18-19,32H,1-4,9-10,13-17H2. The van der Waals surface area contributed by atoms with Crippen molar-refractivity contribution < 1.29 is 27.7 Å². The fraction of sp³-hybridized carbons (Fsp3) is 0.556. The van der Waals surface area contributed by atoms with Crippen LogP contribution in [-0.2, 0) is 9.47 Å². The second-order valence-corrected chi connectivity index (χ2v) is 11.2. The van der Waals surface area contributed by atoms with Crippen LogP contribution in [0.4, 0.5) is 8.78 Å². The van der Waals surface area contributed by atoms with Crippen molar-refractivity contribution in [1.82, 2.24) is 5.32 Å². The molecular formula is C27H31Cl2F2NO4. The minimum absolute atomic E-state index is 0.0645. The van der Waals surface area contributed by atoms with Crippen LogP contribution in [0.1, 0.15) is 38.5 Å². The zero-order valence-electron chi connectivity index (χ0n) is 20.0. The van der Waals surface area contributed by atoms with E-state index in [4.69, 9.17) is 42.1 Å². The van der Waals surface area contributed by atoms with Gasteiger partial charge in [-0.2, -0.15) is 0 Å². The number of hydrogen-bond acceptors (Lipinski definition) is 5. The minimum Gasteiger partial charge on any atom is -0.482 e. The lowest BCUT2D eigenvalue weighted by atomic mass is 9.80. The fourth-order valence-corrected chi connectivity index (χ4v) is 5.43. The van der Waals surface area contributed by atoms with Gasteiger partial charge in [-0.05, 0) is 68.7 Å². The highest BCUT2D eigenvalue weighted by atomic mass is 35.5. The smallest absolute Gasteiger partial charge is 0.167 e. The van der Waals surface area contributed by atoms with Gasteiger partial charge in [-0.25, -0.2) is 8.78 Å². The number of rotatable bonds is 10. The Balaban J connectivity index is 1.06. The molecule has 0 aromatic heterocycles. The van der Waals surface area contributed by atoms with E-state index in [2.05, 4.69) is 5.32 Å². The van der Waals surface area contributed by atoms with Gasteiger partial charge in [0, 0.05) is 24.7 Å². The Labute approximate surface area is 220 Å². The fourth-order valence-electron chi connectivity index (χ4n) is 5.14. The third-order valence-electron chi connectivity index (χ3n) is 7.48. The van der Waals surface area contributed by atoms with E-state index in [1.54, 1.807) is 12.1 Å². The van der Waals surface area contributed by atoms with Crippen molar-refractivity contribution >= 4 is 23.2 Å². The van der Waals surface area contributed by atoms with Gasteiger partial charge in [-0.3, -0.25) is 0 Å². The molecule has 2 saturated heterocycles. The van der Waals surface area contributed by atoms with Crippen molar-refractivity contribution in [3.63, 3.8) is 0 Å². The second-order valence-electron chi connectivity index (χ2n) is 10.3. The van der Waals surface area contributed by atoms with Crippen LogP contribution < -0.4 is 14.8 Å². The van der Waals surface area contributed by atoms with E-state index in [1.165, 1.54) is 24.3 Å². The summed E-state index contributed by atoms with van der Waals surface area (Å²) in [6.07, 6.45) is 6.43. The van der Waals surface area contributed by atoms with Crippen LogP contribution in [-0.4, -0.2) is 50.2 Å². The highest BCUT2D eigenvalue weighted by molar-refractivity contribution is 6.31. The zero-order valence-corrected chi connectivity index (χ0v) is 21.6. The van der Waals surface area contributed by atoms with Crippen molar-refractivity contribution in [3.05, 3.63) is 58.1 Å². The first-order valence-electron chi connectivity index (χ1n) is 12.5. The number of ether oxygens (including phenoxy) is 4. The summed E-state index contributed by atoms with van der Waals surface area (Å²) < 4.78 is 50.5. The van der Waals surface area contributed by atoms with E-state index in [-0.39, 0.29) is 15.6 Å². The molecule has 5 nitrogen and oxygen atoms in total. The van der Waals surface area contributed by atoms with Crippen molar-refractivity contribution in [1.29, 1.82) is 0 Å². The van der Waals surface area contributed by atoms with Gasteiger partial charge >= 0.3 is 0 Å². The van der Waals surface area contributed by atoms with Crippen LogP contribution in [0.2, 0.25) is 10.0 Å². The molecule has 1 N–H and O–H groups in total. The van der Waals surface area contributed by atoms with Crippen molar-refractivity contribution in [2.24, 2.45) is 5.92 Å². The summed E-state index contributed by atoms with van der Waals surface area (Å²) in [5.41, 5.74) is -0.834. The third-order valence-corrected chi connectivity index (χ3v) is 8.08. The summed E-state index contributed by atoms with van der Waals surface area (Å²) in [6, 6.07) is 9.41.